The van der Waals surface area contributed by atoms with Crippen LogP contribution in [0.15, 0.2) is 10.8 Å². The Morgan fingerprint density at radius 1 is 1.61 bits per heavy atom. The third-order valence-corrected chi connectivity index (χ3v) is 2.68. The van der Waals surface area contributed by atoms with Gasteiger partial charge < -0.3 is 15.5 Å². The Morgan fingerprint density at radius 3 is 2.61 bits per heavy atom. The van der Waals surface area contributed by atoms with Gasteiger partial charge in [0.15, 0.2) is 12.1 Å². The molecule has 6 heteroatoms. The lowest BCUT2D eigenvalue weighted by Crippen LogP contribution is -2.52. The Morgan fingerprint density at radius 2 is 2.22 bits per heavy atom. The minimum Gasteiger partial charge on any atom is -0.448 e. The molecule has 0 aliphatic rings. The number of carbonyl (C=O) groups is 1. The number of amides is 1. The lowest BCUT2D eigenvalue weighted by Gasteiger charge is -2.30. The molecule has 18 heavy (non-hydrogen) atoms. The van der Waals surface area contributed by atoms with Gasteiger partial charge in [0, 0.05) is 6.54 Å². The molecule has 1 atom stereocenters. The van der Waals surface area contributed by atoms with Crippen molar-refractivity contribution in [2.24, 2.45) is 11.7 Å². The highest BCUT2D eigenvalue weighted by molar-refractivity contribution is 5.93. The van der Waals surface area contributed by atoms with E-state index in [4.69, 9.17) is 10.2 Å². The molecule has 0 saturated heterocycles. The number of nitrogens with one attached hydrogen (secondary N) is 1. The molecule has 1 rings (SSSR count). The van der Waals surface area contributed by atoms with Gasteiger partial charge in [-0.2, -0.15) is 0 Å². The highest BCUT2D eigenvalue weighted by Gasteiger charge is 2.27. The first-order chi connectivity index (χ1) is 7.88. The normalized spacial score (nSPS) is 13.9. The molecular formula is C12H22ClN3O2. The van der Waals surface area contributed by atoms with Gasteiger partial charge in [0.1, 0.15) is 5.76 Å². The molecule has 0 radical (unpaired) electrons. The zero-order valence-electron chi connectivity index (χ0n) is 11.3. The summed E-state index contributed by atoms with van der Waals surface area (Å²) in [6.45, 7) is 8.25. The molecule has 0 fully saturated rings. The van der Waals surface area contributed by atoms with Crippen molar-refractivity contribution in [3.63, 3.8) is 0 Å². The number of carbonyl (C=O) groups excluding carboxylic acids is 1. The molecule has 0 aromatic carbocycles. The number of halogens is 1. The summed E-state index contributed by atoms with van der Waals surface area (Å²) in [5.74, 6) is 0.749. The number of hydrogen-bond donors (Lipinski definition) is 2. The highest BCUT2D eigenvalue weighted by atomic mass is 35.5. The average molecular weight is 276 g/mol. The second kappa shape index (κ2) is 6.75. The molecule has 0 aliphatic carbocycles. The Kier molecular flexibility index (Phi) is 6.35. The van der Waals surface area contributed by atoms with Crippen LogP contribution < -0.4 is 11.1 Å². The van der Waals surface area contributed by atoms with Crippen LogP contribution in [0.3, 0.4) is 0 Å². The van der Waals surface area contributed by atoms with Gasteiger partial charge in [-0.25, -0.2) is 4.98 Å². The van der Waals surface area contributed by atoms with Crippen molar-refractivity contribution in [2.75, 3.05) is 6.54 Å². The minimum atomic E-state index is -0.406. The number of nitrogens with zero attached hydrogens (tertiary/aromatic N) is 1. The van der Waals surface area contributed by atoms with E-state index in [-0.39, 0.29) is 18.3 Å². The molecule has 1 amide bonds. The topological polar surface area (TPSA) is 81.2 Å². The smallest absolute Gasteiger partial charge is 0.273 e. The molecule has 1 aromatic heterocycles. The monoisotopic (exact) mass is 275 g/mol. The number of aromatic nitrogens is 1. The van der Waals surface area contributed by atoms with E-state index in [2.05, 4.69) is 24.1 Å². The van der Waals surface area contributed by atoms with Crippen LogP contribution in [0.2, 0.25) is 0 Å². The molecule has 0 bridgehead atoms. The van der Waals surface area contributed by atoms with Gasteiger partial charge in [-0.3, -0.25) is 4.79 Å². The number of oxazole rings is 1. The van der Waals surface area contributed by atoms with E-state index in [1.165, 1.54) is 6.39 Å². The number of nitrogens with two attached hydrogens (primary N) is 1. The van der Waals surface area contributed by atoms with E-state index < -0.39 is 5.54 Å². The summed E-state index contributed by atoms with van der Waals surface area (Å²) in [5.41, 5.74) is 5.66. The molecule has 1 heterocycles. The van der Waals surface area contributed by atoms with E-state index >= 15 is 0 Å². The Balaban J connectivity index is 0.00000289. The van der Waals surface area contributed by atoms with Crippen LogP contribution in [0.4, 0.5) is 0 Å². The van der Waals surface area contributed by atoms with Crippen LogP contribution in [-0.2, 0) is 0 Å². The van der Waals surface area contributed by atoms with Crippen molar-refractivity contribution in [2.45, 2.75) is 39.7 Å². The summed E-state index contributed by atoms with van der Waals surface area (Å²) in [6.07, 6.45) is 2.10. The first-order valence-electron chi connectivity index (χ1n) is 5.80. The van der Waals surface area contributed by atoms with E-state index in [9.17, 15) is 4.79 Å². The van der Waals surface area contributed by atoms with Crippen molar-refractivity contribution < 1.29 is 9.21 Å². The first kappa shape index (κ1) is 16.9. The largest absolute Gasteiger partial charge is 0.448 e. The highest BCUT2D eigenvalue weighted by Crippen LogP contribution is 2.16. The van der Waals surface area contributed by atoms with Crippen LogP contribution in [-0.4, -0.2) is 23.0 Å². The molecule has 0 aliphatic heterocycles. The maximum absolute atomic E-state index is 12.0. The molecule has 0 saturated carbocycles. The van der Waals surface area contributed by atoms with E-state index in [1.807, 2.05) is 6.92 Å². The summed E-state index contributed by atoms with van der Waals surface area (Å²) in [4.78, 5) is 15.9. The van der Waals surface area contributed by atoms with Gasteiger partial charge >= 0.3 is 0 Å². The summed E-state index contributed by atoms with van der Waals surface area (Å²) in [6, 6.07) is 0. The van der Waals surface area contributed by atoms with Crippen LogP contribution in [0.5, 0.6) is 0 Å². The van der Waals surface area contributed by atoms with Crippen molar-refractivity contribution in [3.05, 3.63) is 17.8 Å². The quantitative estimate of drug-likeness (QED) is 0.860. The predicted molar refractivity (Wildman–Crippen MR) is 72.9 cm³/mol. The van der Waals surface area contributed by atoms with Crippen molar-refractivity contribution in [1.29, 1.82) is 0 Å². The summed E-state index contributed by atoms with van der Waals surface area (Å²) >= 11 is 0. The molecule has 3 N–H and O–H groups in total. The average Bonchev–Trinajstić information content (AvgIpc) is 2.63. The second-order valence-electron chi connectivity index (χ2n) is 5.07. The third-order valence-electron chi connectivity index (χ3n) is 2.68. The molecular weight excluding hydrogens is 254 g/mol. The van der Waals surface area contributed by atoms with Crippen molar-refractivity contribution >= 4 is 18.3 Å². The second-order valence-corrected chi connectivity index (χ2v) is 5.07. The predicted octanol–water partition coefficient (Wildman–Crippen LogP) is 1.90. The van der Waals surface area contributed by atoms with Crippen LogP contribution in [0.1, 0.15) is 43.4 Å². The minimum absolute atomic E-state index is 0. The number of hydrogen-bond acceptors (Lipinski definition) is 4. The maximum Gasteiger partial charge on any atom is 0.273 e. The first-order valence-corrected chi connectivity index (χ1v) is 5.80. The third kappa shape index (κ3) is 4.31. The van der Waals surface area contributed by atoms with Gasteiger partial charge in [-0.1, -0.05) is 13.8 Å². The Bertz CT molecular complexity index is 392. The summed E-state index contributed by atoms with van der Waals surface area (Å²) < 4.78 is 5.01. The van der Waals surface area contributed by atoms with Crippen LogP contribution in [0, 0.1) is 12.8 Å². The lowest BCUT2D eigenvalue weighted by molar-refractivity contribution is 0.0892. The molecule has 1 unspecified atom stereocenters. The number of aryl methyl sites for hydroxylation is 1. The van der Waals surface area contributed by atoms with E-state index in [0.717, 1.165) is 6.42 Å². The molecule has 5 nitrogen and oxygen atoms in total. The van der Waals surface area contributed by atoms with E-state index in [0.29, 0.717) is 23.9 Å². The molecule has 0 spiro atoms. The van der Waals surface area contributed by atoms with Crippen molar-refractivity contribution in [1.82, 2.24) is 10.3 Å². The fourth-order valence-corrected chi connectivity index (χ4v) is 1.94. The van der Waals surface area contributed by atoms with Gasteiger partial charge in [0.2, 0.25) is 0 Å². The SMILES string of the molecule is Cc1ocnc1C(=O)NC(C)(CN)CC(C)C.Cl. The zero-order valence-corrected chi connectivity index (χ0v) is 12.1. The van der Waals surface area contributed by atoms with Crippen LogP contribution in [0.25, 0.3) is 0 Å². The molecule has 1 aromatic rings. The number of rotatable bonds is 5. The van der Waals surface area contributed by atoms with E-state index in [1.54, 1.807) is 6.92 Å². The zero-order chi connectivity index (χ0) is 13.1. The Hall–Kier alpha value is -1.07. The van der Waals surface area contributed by atoms with Crippen LogP contribution >= 0.6 is 12.4 Å². The summed E-state index contributed by atoms with van der Waals surface area (Å²) in [7, 11) is 0. The fourth-order valence-electron chi connectivity index (χ4n) is 1.94. The fraction of sp³-hybridized carbons (Fsp3) is 0.667. The van der Waals surface area contributed by atoms with Gasteiger partial charge in [-0.05, 0) is 26.2 Å². The van der Waals surface area contributed by atoms with Gasteiger partial charge in [0.25, 0.3) is 5.91 Å². The van der Waals surface area contributed by atoms with Crippen molar-refractivity contribution in [3.8, 4) is 0 Å². The van der Waals surface area contributed by atoms with Gasteiger partial charge in [0.05, 0.1) is 5.54 Å². The van der Waals surface area contributed by atoms with Gasteiger partial charge in [-0.15, -0.1) is 12.4 Å². The summed E-state index contributed by atoms with van der Waals surface area (Å²) in [5, 5.41) is 2.93. The Labute approximate surface area is 114 Å². The maximum atomic E-state index is 12.0. The lowest BCUT2D eigenvalue weighted by atomic mass is 9.90. The molecule has 104 valence electrons. The standard InChI is InChI=1S/C12H21N3O2.ClH/c1-8(2)5-12(4,6-13)15-11(16)10-9(3)17-7-14-10;/h7-8H,5-6,13H2,1-4H3,(H,15,16);1H.